The summed E-state index contributed by atoms with van der Waals surface area (Å²) in [5, 5.41) is 4.20. The predicted molar refractivity (Wildman–Crippen MR) is 101 cm³/mol. The molecule has 2 aromatic carbocycles. The van der Waals surface area contributed by atoms with Crippen molar-refractivity contribution in [1.82, 2.24) is 15.3 Å². The third-order valence-corrected chi connectivity index (χ3v) is 5.15. The number of hydrogen-bond acceptors (Lipinski definition) is 4. The zero-order valence-electron chi connectivity index (χ0n) is 13.2. The minimum absolute atomic E-state index is 0.258. The minimum atomic E-state index is -0.258. The normalized spacial score (nSPS) is 14.1. The van der Waals surface area contributed by atoms with Crippen LogP contribution in [0, 0.1) is 0 Å². The summed E-state index contributed by atoms with van der Waals surface area (Å²) in [5.41, 5.74) is 4.78. The average molecular weight is 396 g/mol. The van der Waals surface area contributed by atoms with E-state index in [4.69, 9.17) is 9.40 Å². The number of fused-ring (bicyclic) bond motifs is 4. The molecule has 4 aromatic rings. The van der Waals surface area contributed by atoms with Gasteiger partial charge in [0.25, 0.3) is 5.56 Å². The van der Waals surface area contributed by atoms with E-state index in [1.165, 1.54) is 11.1 Å². The molecule has 0 aliphatic carbocycles. The standard InChI is InChI=1S/C19H14BrN3O2/c20-13-3-4-15-14(8-13)16-17(25-15)19(24)23-18(22-16)11-1-2-12-9-21-6-5-10(12)7-11/h1-4,7-8,21H,5-6,9H2,(H,22,23,24). The van der Waals surface area contributed by atoms with Gasteiger partial charge in [-0.1, -0.05) is 28.1 Å². The fraction of sp³-hybridized carbons (Fsp3) is 0.158. The van der Waals surface area contributed by atoms with Crippen molar-refractivity contribution in [2.45, 2.75) is 13.0 Å². The lowest BCUT2D eigenvalue weighted by molar-refractivity contribution is 0.644. The zero-order chi connectivity index (χ0) is 17.0. The number of furan rings is 1. The summed E-state index contributed by atoms with van der Waals surface area (Å²) in [6.07, 6.45) is 0.983. The molecule has 0 saturated carbocycles. The lowest BCUT2D eigenvalue weighted by atomic mass is 9.98. The van der Waals surface area contributed by atoms with Crippen molar-refractivity contribution in [3.05, 3.63) is 62.4 Å². The van der Waals surface area contributed by atoms with Gasteiger partial charge in [-0.3, -0.25) is 4.79 Å². The second-order valence-corrected chi connectivity index (χ2v) is 7.16. The molecule has 2 N–H and O–H groups in total. The van der Waals surface area contributed by atoms with E-state index in [9.17, 15) is 4.79 Å². The van der Waals surface area contributed by atoms with Crippen molar-refractivity contribution in [3.63, 3.8) is 0 Å². The number of halogens is 1. The molecule has 3 heterocycles. The third-order valence-electron chi connectivity index (χ3n) is 4.65. The van der Waals surface area contributed by atoms with Crippen LogP contribution in [0.3, 0.4) is 0 Å². The number of nitrogens with zero attached hydrogens (tertiary/aromatic N) is 1. The van der Waals surface area contributed by atoms with Crippen LogP contribution >= 0.6 is 15.9 Å². The van der Waals surface area contributed by atoms with Crippen LogP contribution in [-0.4, -0.2) is 16.5 Å². The molecule has 0 unspecified atom stereocenters. The van der Waals surface area contributed by atoms with Crippen molar-refractivity contribution in [2.75, 3.05) is 6.54 Å². The van der Waals surface area contributed by atoms with E-state index in [1.807, 2.05) is 24.3 Å². The van der Waals surface area contributed by atoms with Crippen LogP contribution in [-0.2, 0) is 13.0 Å². The lowest BCUT2D eigenvalue weighted by Crippen LogP contribution is -2.23. The Morgan fingerprint density at radius 3 is 2.96 bits per heavy atom. The molecule has 0 fully saturated rings. The van der Waals surface area contributed by atoms with Crippen molar-refractivity contribution < 1.29 is 4.42 Å². The van der Waals surface area contributed by atoms with Crippen LogP contribution in [0.1, 0.15) is 11.1 Å². The number of nitrogens with one attached hydrogen (secondary N) is 2. The van der Waals surface area contributed by atoms with Crippen LogP contribution in [0.5, 0.6) is 0 Å². The average Bonchev–Trinajstić information content (AvgIpc) is 3.00. The molecule has 25 heavy (non-hydrogen) atoms. The lowest BCUT2D eigenvalue weighted by Gasteiger charge is -2.17. The van der Waals surface area contributed by atoms with Gasteiger partial charge in [-0.15, -0.1) is 0 Å². The molecule has 0 bridgehead atoms. The van der Waals surface area contributed by atoms with E-state index in [2.05, 4.69) is 38.4 Å². The highest BCUT2D eigenvalue weighted by Crippen LogP contribution is 2.29. The molecule has 6 heteroatoms. The fourth-order valence-electron chi connectivity index (χ4n) is 3.39. The summed E-state index contributed by atoms with van der Waals surface area (Å²) in [6, 6.07) is 11.9. The quantitative estimate of drug-likeness (QED) is 0.514. The Morgan fingerprint density at radius 2 is 2.04 bits per heavy atom. The van der Waals surface area contributed by atoms with Gasteiger partial charge in [-0.25, -0.2) is 4.98 Å². The maximum Gasteiger partial charge on any atom is 0.294 e. The molecule has 2 aromatic heterocycles. The number of rotatable bonds is 1. The van der Waals surface area contributed by atoms with E-state index in [1.54, 1.807) is 0 Å². The highest BCUT2D eigenvalue weighted by atomic mass is 79.9. The Morgan fingerprint density at radius 1 is 1.12 bits per heavy atom. The molecule has 1 aliphatic heterocycles. The Hall–Kier alpha value is -2.44. The number of hydrogen-bond donors (Lipinski definition) is 2. The van der Waals surface area contributed by atoms with Crippen LogP contribution in [0.15, 0.2) is 50.1 Å². The van der Waals surface area contributed by atoms with E-state index in [0.717, 1.165) is 34.9 Å². The van der Waals surface area contributed by atoms with Gasteiger partial charge in [0, 0.05) is 22.0 Å². The van der Waals surface area contributed by atoms with Crippen LogP contribution in [0.4, 0.5) is 0 Å². The highest BCUT2D eigenvalue weighted by molar-refractivity contribution is 9.10. The van der Waals surface area contributed by atoms with E-state index >= 15 is 0 Å². The predicted octanol–water partition coefficient (Wildman–Crippen LogP) is 3.74. The summed E-state index contributed by atoms with van der Waals surface area (Å²) in [7, 11) is 0. The smallest absolute Gasteiger partial charge is 0.294 e. The molecule has 0 saturated heterocycles. The molecule has 1 aliphatic rings. The van der Waals surface area contributed by atoms with Gasteiger partial charge in [0.15, 0.2) is 0 Å². The molecular weight excluding hydrogens is 382 g/mol. The summed E-state index contributed by atoms with van der Waals surface area (Å²) >= 11 is 3.46. The second-order valence-electron chi connectivity index (χ2n) is 6.25. The topological polar surface area (TPSA) is 70.9 Å². The number of aromatic amines is 1. The third kappa shape index (κ3) is 2.41. The van der Waals surface area contributed by atoms with Crippen molar-refractivity contribution in [1.29, 1.82) is 0 Å². The van der Waals surface area contributed by atoms with Gasteiger partial charge < -0.3 is 14.7 Å². The van der Waals surface area contributed by atoms with E-state index in [-0.39, 0.29) is 11.1 Å². The first-order valence-corrected chi connectivity index (χ1v) is 8.93. The second kappa shape index (κ2) is 5.54. The number of aromatic nitrogens is 2. The molecule has 124 valence electrons. The molecule has 0 atom stereocenters. The summed E-state index contributed by atoms with van der Waals surface area (Å²) in [4.78, 5) is 20.1. The molecule has 0 spiro atoms. The van der Waals surface area contributed by atoms with Gasteiger partial charge in [0.2, 0.25) is 5.58 Å². The fourth-order valence-corrected chi connectivity index (χ4v) is 3.75. The van der Waals surface area contributed by atoms with Crippen molar-refractivity contribution >= 4 is 38.0 Å². The first-order valence-electron chi connectivity index (χ1n) is 8.14. The van der Waals surface area contributed by atoms with Crippen LogP contribution < -0.4 is 10.9 Å². The molecule has 5 nitrogen and oxygen atoms in total. The summed E-state index contributed by atoms with van der Waals surface area (Å²) in [6.45, 7) is 1.86. The van der Waals surface area contributed by atoms with Gasteiger partial charge >= 0.3 is 0 Å². The van der Waals surface area contributed by atoms with Gasteiger partial charge in [0.05, 0.1) is 0 Å². The van der Waals surface area contributed by atoms with Crippen molar-refractivity contribution in [2.24, 2.45) is 0 Å². The van der Waals surface area contributed by atoms with E-state index < -0.39 is 0 Å². The maximum absolute atomic E-state index is 12.5. The van der Waals surface area contributed by atoms with Gasteiger partial charge in [0.1, 0.15) is 16.9 Å². The van der Waals surface area contributed by atoms with Crippen LogP contribution in [0.25, 0.3) is 33.5 Å². The first kappa shape index (κ1) is 14.9. The number of H-pyrrole nitrogens is 1. The molecule has 0 radical (unpaired) electrons. The summed E-state index contributed by atoms with van der Waals surface area (Å²) in [5.74, 6) is 0.571. The Balaban J connectivity index is 1.75. The Bertz CT molecular complexity index is 1190. The maximum atomic E-state index is 12.5. The van der Waals surface area contributed by atoms with E-state index in [0.29, 0.717) is 16.9 Å². The summed E-state index contributed by atoms with van der Waals surface area (Å²) < 4.78 is 6.61. The SMILES string of the molecule is O=c1[nH]c(-c2ccc3c(c2)CCNC3)nc2c1oc1ccc(Br)cc12. The highest BCUT2D eigenvalue weighted by Gasteiger charge is 2.16. The molecular formula is C19H14BrN3O2. The van der Waals surface area contributed by atoms with Gasteiger partial charge in [-0.2, -0.15) is 0 Å². The Labute approximate surface area is 151 Å². The number of benzene rings is 2. The monoisotopic (exact) mass is 395 g/mol. The Kier molecular flexibility index (Phi) is 3.29. The minimum Gasteiger partial charge on any atom is -0.449 e. The zero-order valence-corrected chi connectivity index (χ0v) is 14.8. The molecule has 0 amide bonds. The largest absolute Gasteiger partial charge is 0.449 e. The van der Waals surface area contributed by atoms with Crippen LogP contribution in [0.2, 0.25) is 0 Å². The van der Waals surface area contributed by atoms with Gasteiger partial charge in [-0.05, 0) is 48.4 Å². The van der Waals surface area contributed by atoms with Crippen molar-refractivity contribution in [3.8, 4) is 11.4 Å². The molecule has 5 rings (SSSR count). The first-order chi connectivity index (χ1) is 12.2.